The molecule has 0 radical (unpaired) electrons. The van der Waals surface area contributed by atoms with E-state index in [0.717, 1.165) is 11.3 Å². The molecule has 2 rings (SSSR count). The SMILES string of the molecule is CCOc1ccc(S(=O)(=O)N/N=C(/C)c2cc(C)oc2C)cc1. The molecule has 0 aliphatic heterocycles. The van der Waals surface area contributed by atoms with Crippen LogP contribution in [0.1, 0.15) is 30.9 Å². The van der Waals surface area contributed by atoms with Gasteiger partial charge in [-0.3, -0.25) is 0 Å². The number of benzene rings is 1. The summed E-state index contributed by atoms with van der Waals surface area (Å²) in [6, 6.07) is 7.99. The topological polar surface area (TPSA) is 80.9 Å². The first-order valence-corrected chi connectivity index (χ1v) is 8.68. The lowest BCUT2D eigenvalue weighted by atomic mass is 10.2. The van der Waals surface area contributed by atoms with E-state index in [-0.39, 0.29) is 4.90 Å². The van der Waals surface area contributed by atoms with Gasteiger partial charge in [-0.05, 0) is 58.0 Å². The maximum atomic E-state index is 12.2. The molecule has 0 spiro atoms. The normalized spacial score (nSPS) is 12.3. The number of aryl methyl sites for hydroxylation is 2. The van der Waals surface area contributed by atoms with Crippen LogP contribution >= 0.6 is 0 Å². The molecule has 124 valence electrons. The molecule has 1 aromatic carbocycles. The third-order valence-corrected chi connectivity index (χ3v) is 4.43. The van der Waals surface area contributed by atoms with Crippen molar-refractivity contribution in [3.63, 3.8) is 0 Å². The monoisotopic (exact) mass is 336 g/mol. The van der Waals surface area contributed by atoms with E-state index in [9.17, 15) is 8.42 Å². The Bertz CT molecular complexity index is 805. The second-order valence-electron chi connectivity index (χ2n) is 5.02. The summed E-state index contributed by atoms with van der Waals surface area (Å²) in [5, 5.41) is 3.96. The highest BCUT2D eigenvalue weighted by molar-refractivity contribution is 7.89. The Kier molecular flexibility index (Phi) is 5.10. The van der Waals surface area contributed by atoms with E-state index >= 15 is 0 Å². The largest absolute Gasteiger partial charge is 0.494 e. The van der Waals surface area contributed by atoms with Crippen molar-refractivity contribution in [2.45, 2.75) is 32.6 Å². The van der Waals surface area contributed by atoms with Crippen molar-refractivity contribution < 1.29 is 17.6 Å². The van der Waals surface area contributed by atoms with E-state index in [1.807, 2.05) is 26.8 Å². The summed E-state index contributed by atoms with van der Waals surface area (Å²) in [7, 11) is -3.72. The Labute approximate surface area is 136 Å². The summed E-state index contributed by atoms with van der Waals surface area (Å²) in [4.78, 5) is 2.36. The van der Waals surface area contributed by atoms with Gasteiger partial charge in [0.05, 0.1) is 17.2 Å². The van der Waals surface area contributed by atoms with Gasteiger partial charge in [-0.25, -0.2) is 0 Å². The molecule has 0 saturated carbocycles. The fraction of sp³-hybridized carbons (Fsp3) is 0.312. The second kappa shape index (κ2) is 6.87. The molecular weight excluding hydrogens is 316 g/mol. The molecule has 0 amide bonds. The van der Waals surface area contributed by atoms with Crippen molar-refractivity contribution in [3.05, 3.63) is 47.4 Å². The summed E-state index contributed by atoms with van der Waals surface area (Å²) < 4.78 is 35.2. The van der Waals surface area contributed by atoms with Gasteiger partial charge >= 0.3 is 0 Å². The third-order valence-electron chi connectivity index (χ3n) is 3.21. The lowest BCUT2D eigenvalue weighted by Gasteiger charge is -2.06. The maximum absolute atomic E-state index is 12.2. The van der Waals surface area contributed by atoms with Crippen LogP contribution in [0.4, 0.5) is 0 Å². The van der Waals surface area contributed by atoms with Gasteiger partial charge in [0.1, 0.15) is 17.3 Å². The van der Waals surface area contributed by atoms with Crippen LogP contribution in [0.2, 0.25) is 0 Å². The van der Waals surface area contributed by atoms with E-state index in [4.69, 9.17) is 9.15 Å². The smallest absolute Gasteiger partial charge is 0.276 e. The van der Waals surface area contributed by atoms with Crippen LogP contribution in [0.3, 0.4) is 0 Å². The summed E-state index contributed by atoms with van der Waals surface area (Å²) in [5.74, 6) is 2.07. The molecule has 0 aliphatic carbocycles. The minimum absolute atomic E-state index is 0.123. The first kappa shape index (κ1) is 17.1. The van der Waals surface area contributed by atoms with Gasteiger partial charge in [-0.2, -0.15) is 18.4 Å². The van der Waals surface area contributed by atoms with E-state index in [2.05, 4.69) is 9.93 Å². The molecule has 1 heterocycles. The van der Waals surface area contributed by atoms with Gasteiger partial charge in [-0.15, -0.1) is 0 Å². The fourth-order valence-electron chi connectivity index (χ4n) is 2.11. The van der Waals surface area contributed by atoms with Crippen molar-refractivity contribution >= 4 is 15.7 Å². The summed E-state index contributed by atoms with van der Waals surface area (Å²) >= 11 is 0. The number of furan rings is 1. The lowest BCUT2D eigenvalue weighted by Crippen LogP contribution is -2.20. The molecule has 0 fully saturated rings. The van der Waals surface area contributed by atoms with Crippen LogP contribution in [-0.2, 0) is 10.0 Å². The number of nitrogens with zero attached hydrogens (tertiary/aromatic N) is 1. The van der Waals surface area contributed by atoms with Crippen LogP contribution in [0.25, 0.3) is 0 Å². The zero-order chi connectivity index (χ0) is 17.0. The predicted molar refractivity (Wildman–Crippen MR) is 88.3 cm³/mol. The number of rotatable bonds is 6. The molecule has 6 nitrogen and oxygen atoms in total. The van der Waals surface area contributed by atoms with Crippen LogP contribution in [0.15, 0.2) is 44.7 Å². The second-order valence-corrected chi connectivity index (χ2v) is 6.68. The van der Waals surface area contributed by atoms with Crippen LogP contribution in [0.5, 0.6) is 5.75 Å². The molecule has 1 N–H and O–H groups in total. The molecule has 7 heteroatoms. The number of hydrazone groups is 1. The Hall–Kier alpha value is -2.28. The van der Waals surface area contributed by atoms with Gasteiger partial charge in [0.25, 0.3) is 10.0 Å². The van der Waals surface area contributed by atoms with Crippen LogP contribution < -0.4 is 9.57 Å². The first-order valence-electron chi connectivity index (χ1n) is 7.20. The highest BCUT2D eigenvalue weighted by Crippen LogP contribution is 2.17. The predicted octanol–water partition coefficient (Wildman–Crippen LogP) is 3.00. The van der Waals surface area contributed by atoms with Gasteiger partial charge in [-0.1, -0.05) is 0 Å². The minimum Gasteiger partial charge on any atom is -0.494 e. The van der Waals surface area contributed by atoms with E-state index in [1.165, 1.54) is 12.1 Å². The van der Waals surface area contributed by atoms with Gasteiger partial charge in [0.2, 0.25) is 0 Å². The number of nitrogens with one attached hydrogen (secondary N) is 1. The number of ether oxygens (including phenoxy) is 1. The zero-order valence-corrected chi connectivity index (χ0v) is 14.4. The molecule has 1 aromatic heterocycles. The van der Waals surface area contributed by atoms with Gasteiger partial charge in [0.15, 0.2) is 0 Å². The van der Waals surface area contributed by atoms with Crippen LogP contribution in [-0.4, -0.2) is 20.7 Å². The molecular formula is C16H20N2O4S. The van der Waals surface area contributed by atoms with Gasteiger partial charge in [0, 0.05) is 5.56 Å². The van der Waals surface area contributed by atoms with Crippen molar-refractivity contribution in [2.24, 2.45) is 5.10 Å². The molecule has 0 atom stereocenters. The maximum Gasteiger partial charge on any atom is 0.276 e. The molecule has 0 aliphatic rings. The zero-order valence-electron chi connectivity index (χ0n) is 13.6. The highest BCUT2D eigenvalue weighted by Gasteiger charge is 2.14. The summed E-state index contributed by atoms with van der Waals surface area (Å²) in [5.41, 5.74) is 1.31. The molecule has 2 aromatic rings. The Morgan fingerprint density at radius 1 is 1.26 bits per heavy atom. The summed E-state index contributed by atoms with van der Waals surface area (Å²) in [6.45, 7) is 7.74. The van der Waals surface area contributed by atoms with Crippen molar-refractivity contribution in [3.8, 4) is 5.75 Å². The first-order chi connectivity index (χ1) is 10.8. The average molecular weight is 336 g/mol. The average Bonchev–Trinajstić information content (AvgIpc) is 2.84. The fourth-order valence-corrected chi connectivity index (χ4v) is 2.97. The Balaban J connectivity index is 2.17. The Morgan fingerprint density at radius 2 is 1.91 bits per heavy atom. The molecule has 0 bridgehead atoms. The minimum atomic E-state index is -3.72. The van der Waals surface area contributed by atoms with E-state index in [1.54, 1.807) is 19.1 Å². The quantitative estimate of drug-likeness (QED) is 0.649. The Morgan fingerprint density at radius 3 is 2.43 bits per heavy atom. The van der Waals surface area contributed by atoms with Crippen molar-refractivity contribution in [1.82, 2.24) is 4.83 Å². The van der Waals surface area contributed by atoms with Crippen LogP contribution in [0, 0.1) is 13.8 Å². The number of hydrogen-bond donors (Lipinski definition) is 1. The molecule has 0 saturated heterocycles. The van der Waals surface area contributed by atoms with Gasteiger partial charge < -0.3 is 9.15 Å². The van der Waals surface area contributed by atoms with E-state index < -0.39 is 10.0 Å². The third kappa shape index (κ3) is 4.13. The highest BCUT2D eigenvalue weighted by atomic mass is 32.2. The van der Waals surface area contributed by atoms with Crippen molar-refractivity contribution in [1.29, 1.82) is 0 Å². The number of sulfonamides is 1. The van der Waals surface area contributed by atoms with E-state index in [0.29, 0.717) is 23.8 Å². The standard InChI is InChI=1S/C16H20N2O4S/c1-5-21-14-6-8-15(9-7-14)23(19,20)18-17-12(3)16-10-11(2)22-13(16)4/h6-10,18H,5H2,1-4H3/b17-12-. The van der Waals surface area contributed by atoms with Crippen molar-refractivity contribution in [2.75, 3.05) is 6.61 Å². The summed E-state index contributed by atoms with van der Waals surface area (Å²) in [6.07, 6.45) is 0. The molecule has 23 heavy (non-hydrogen) atoms. The lowest BCUT2D eigenvalue weighted by molar-refractivity contribution is 0.340. The number of hydrogen-bond acceptors (Lipinski definition) is 5. The molecule has 0 unspecified atom stereocenters.